The molecule has 4 heteroatoms. The Morgan fingerprint density at radius 3 is 1.30 bits per heavy atom. The highest BCUT2D eigenvalue weighted by atomic mass is 32.1. The third-order valence-electron chi connectivity index (χ3n) is 7.77. The molecule has 2 aromatic heterocycles. The lowest BCUT2D eigenvalue weighted by Gasteiger charge is -2.10. The molecule has 0 unspecified atom stereocenters. The predicted molar refractivity (Wildman–Crippen MR) is 180 cm³/mol. The van der Waals surface area contributed by atoms with Crippen molar-refractivity contribution in [1.29, 1.82) is 0 Å². The number of fused-ring (bicyclic) bond motifs is 3. The number of benzene rings is 6. The molecule has 3 nitrogen and oxygen atoms in total. The number of aromatic nitrogens is 3. The summed E-state index contributed by atoms with van der Waals surface area (Å²) in [7, 11) is 0. The zero-order valence-corrected chi connectivity index (χ0v) is 24.0. The predicted octanol–water partition coefficient (Wildman–Crippen LogP) is 10.6. The van der Waals surface area contributed by atoms with Crippen LogP contribution in [0.5, 0.6) is 0 Å². The van der Waals surface area contributed by atoms with E-state index in [0.29, 0.717) is 17.5 Å². The molecule has 0 saturated carbocycles. The maximum atomic E-state index is 4.95. The molecule has 0 fully saturated rings. The van der Waals surface area contributed by atoms with E-state index in [1.807, 2.05) is 47.7 Å². The summed E-state index contributed by atoms with van der Waals surface area (Å²) >= 11 is 1.84. The van der Waals surface area contributed by atoms with Gasteiger partial charge < -0.3 is 0 Å². The Hall–Kier alpha value is -5.45. The van der Waals surface area contributed by atoms with Gasteiger partial charge in [0.1, 0.15) is 0 Å². The van der Waals surface area contributed by atoms with Crippen LogP contribution >= 0.6 is 11.3 Å². The first-order chi connectivity index (χ1) is 21.3. The highest BCUT2D eigenvalue weighted by Crippen LogP contribution is 2.36. The summed E-state index contributed by atoms with van der Waals surface area (Å²) in [6, 6.07) is 52.8. The molecule has 0 aliphatic carbocycles. The second-order valence-electron chi connectivity index (χ2n) is 10.5. The molecule has 0 radical (unpaired) electrons. The van der Waals surface area contributed by atoms with Crippen LogP contribution in [0.3, 0.4) is 0 Å². The van der Waals surface area contributed by atoms with Gasteiger partial charge in [-0.3, -0.25) is 0 Å². The zero-order valence-electron chi connectivity index (χ0n) is 23.2. The van der Waals surface area contributed by atoms with Crippen molar-refractivity contribution in [1.82, 2.24) is 15.0 Å². The smallest absolute Gasteiger partial charge is 0.164 e. The second kappa shape index (κ2) is 10.8. The number of rotatable bonds is 5. The van der Waals surface area contributed by atoms with Crippen molar-refractivity contribution < 1.29 is 0 Å². The molecule has 0 saturated heterocycles. The maximum Gasteiger partial charge on any atom is 0.164 e. The van der Waals surface area contributed by atoms with E-state index in [4.69, 9.17) is 15.0 Å². The van der Waals surface area contributed by atoms with E-state index in [0.717, 1.165) is 27.8 Å². The summed E-state index contributed by atoms with van der Waals surface area (Å²) in [5, 5.41) is 2.63. The van der Waals surface area contributed by atoms with Gasteiger partial charge in [0.25, 0.3) is 0 Å². The molecule has 0 aliphatic rings. The summed E-state index contributed by atoms with van der Waals surface area (Å²) in [6.07, 6.45) is 0. The Morgan fingerprint density at radius 1 is 0.302 bits per heavy atom. The lowest BCUT2D eigenvalue weighted by atomic mass is 10.0. The van der Waals surface area contributed by atoms with Gasteiger partial charge in [-0.25, -0.2) is 15.0 Å². The van der Waals surface area contributed by atoms with Gasteiger partial charge in [-0.15, -0.1) is 11.3 Å². The first-order valence-corrected chi connectivity index (χ1v) is 15.1. The standard InChI is InChI=1S/C39H25N3S/c1-3-9-26(10-4-1)27-15-19-30(20-16-27)38-40-37(29-11-5-2-6-12-29)41-39(42-38)31-21-17-28(18-22-31)32-23-24-34-33-13-7-8-14-35(33)43-36(34)25-32/h1-25H. The van der Waals surface area contributed by atoms with Crippen LogP contribution in [0.2, 0.25) is 0 Å². The van der Waals surface area contributed by atoms with Crippen LogP contribution in [0.4, 0.5) is 0 Å². The fourth-order valence-electron chi connectivity index (χ4n) is 5.51. The minimum atomic E-state index is 0.655. The SMILES string of the molecule is c1ccc(-c2ccc(-c3nc(-c4ccccc4)nc(-c4ccc(-c5ccc6c(c5)sc5ccccc56)cc4)n3)cc2)cc1. The van der Waals surface area contributed by atoms with E-state index in [9.17, 15) is 0 Å². The third-order valence-corrected chi connectivity index (χ3v) is 8.91. The average molecular weight is 568 g/mol. The summed E-state index contributed by atoms with van der Waals surface area (Å²) in [5.74, 6) is 1.97. The lowest BCUT2D eigenvalue weighted by molar-refractivity contribution is 1.07. The fourth-order valence-corrected chi connectivity index (χ4v) is 6.66. The van der Waals surface area contributed by atoms with Crippen LogP contribution in [0, 0.1) is 0 Å². The van der Waals surface area contributed by atoms with Gasteiger partial charge in [-0.1, -0.05) is 140 Å². The van der Waals surface area contributed by atoms with E-state index in [-0.39, 0.29) is 0 Å². The van der Waals surface area contributed by atoms with Crippen molar-refractivity contribution in [3.63, 3.8) is 0 Å². The second-order valence-corrected chi connectivity index (χ2v) is 11.6. The summed E-state index contributed by atoms with van der Waals surface area (Å²) in [4.78, 5) is 14.8. The molecule has 6 aromatic carbocycles. The lowest BCUT2D eigenvalue weighted by Crippen LogP contribution is -2.00. The van der Waals surface area contributed by atoms with Crippen molar-refractivity contribution in [2.45, 2.75) is 0 Å². The first kappa shape index (κ1) is 25.3. The zero-order chi connectivity index (χ0) is 28.6. The Kier molecular flexibility index (Phi) is 6.32. The Bertz CT molecular complexity index is 2200. The minimum absolute atomic E-state index is 0.655. The van der Waals surface area contributed by atoms with Gasteiger partial charge in [-0.2, -0.15) is 0 Å². The van der Waals surface area contributed by atoms with Gasteiger partial charge in [0, 0.05) is 36.9 Å². The highest BCUT2D eigenvalue weighted by molar-refractivity contribution is 7.25. The maximum absolute atomic E-state index is 4.95. The summed E-state index contributed by atoms with van der Waals surface area (Å²) < 4.78 is 2.62. The van der Waals surface area contributed by atoms with Crippen molar-refractivity contribution in [3.8, 4) is 56.4 Å². The van der Waals surface area contributed by atoms with Crippen LogP contribution in [-0.2, 0) is 0 Å². The van der Waals surface area contributed by atoms with Crippen LogP contribution in [0.15, 0.2) is 152 Å². The summed E-state index contributed by atoms with van der Waals surface area (Å²) in [6.45, 7) is 0. The largest absolute Gasteiger partial charge is 0.208 e. The topological polar surface area (TPSA) is 38.7 Å². The Balaban J connectivity index is 1.17. The van der Waals surface area contributed by atoms with E-state index in [2.05, 4.69) is 115 Å². The number of hydrogen-bond donors (Lipinski definition) is 0. The molecule has 0 aliphatic heterocycles. The molecule has 0 amide bonds. The molecule has 202 valence electrons. The summed E-state index contributed by atoms with van der Waals surface area (Å²) in [5.41, 5.74) is 7.57. The molecule has 0 atom stereocenters. The number of hydrogen-bond acceptors (Lipinski definition) is 4. The number of nitrogens with zero attached hydrogens (tertiary/aromatic N) is 3. The Labute approximate surface area is 253 Å². The molecule has 2 heterocycles. The number of thiophene rings is 1. The van der Waals surface area contributed by atoms with Gasteiger partial charge >= 0.3 is 0 Å². The van der Waals surface area contributed by atoms with Crippen LogP contribution in [0.1, 0.15) is 0 Å². The quantitative estimate of drug-likeness (QED) is 0.208. The molecular weight excluding hydrogens is 543 g/mol. The van der Waals surface area contributed by atoms with E-state index in [1.165, 1.54) is 31.3 Å². The molecule has 0 spiro atoms. The van der Waals surface area contributed by atoms with Crippen molar-refractivity contribution in [2.75, 3.05) is 0 Å². The molecule has 8 rings (SSSR count). The van der Waals surface area contributed by atoms with Crippen LogP contribution in [0.25, 0.3) is 76.6 Å². The van der Waals surface area contributed by atoms with Crippen LogP contribution in [-0.4, -0.2) is 15.0 Å². The van der Waals surface area contributed by atoms with Crippen molar-refractivity contribution >= 4 is 31.5 Å². The molecule has 0 bridgehead atoms. The van der Waals surface area contributed by atoms with Crippen molar-refractivity contribution in [3.05, 3.63) is 152 Å². The normalized spacial score (nSPS) is 11.3. The van der Waals surface area contributed by atoms with Gasteiger partial charge in [0.15, 0.2) is 17.5 Å². The monoisotopic (exact) mass is 567 g/mol. The van der Waals surface area contributed by atoms with Gasteiger partial charge in [0.05, 0.1) is 0 Å². The molecule has 0 N–H and O–H groups in total. The van der Waals surface area contributed by atoms with Gasteiger partial charge in [-0.05, 0) is 34.4 Å². The van der Waals surface area contributed by atoms with Crippen LogP contribution < -0.4 is 0 Å². The fraction of sp³-hybridized carbons (Fsp3) is 0. The third kappa shape index (κ3) is 4.88. The van der Waals surface area contributed by atoms with E-state index < -0.39 is 0 Å². The molecule has 43 heavy (non-hydrogen) atoms. The van der Waals surface area contributed by atoms with E-state index in [1.54, 1.807) is 0 Å². The van der Waals surface area contributed by atoms with E-state index >= 15 is 0 Å². The minimum Gasteiger partial charge on any atom is -0.208 e. The Morgan fingerprint density at radius 2 is 0.698 bits per heavy atom. The first-order valence-electron chi connectivity index (χ1n) is 14.3. The van der Waals surface area contributed by atoms with Crippen molar-refractivity contribution in [2.24, 2.45) is 0 Å². The molecule has 8 aromatic rings. The van der Waals surface area contributed by atoms with Gasteiger partial charge in [0.2, 0.25) is 0 Å². The average Bonchev–Trinajstić information content (AvgIpc) is 3.47. The molecular formula is C39H25N3S. The highest BCUT2D eigenvalue weighted by Gasteiger charge is 2.13.